The number of hydrogen-bond acceptors (Lipinski definition) is 5. The number of halogens is 1. The number of rotatable bonds is 2. The Hall–Kier alpha value is -3.10. The molecule has 0 N–H and O–H groups in total. The molecule has 1 aromatic carbocycles. The van der Waals surface area contributed by atoms with Gasteiger partial charge in [-0.25, -0.2) is 14.0 Å². The van der Waals surface area contributed by atoms with Crippen molar-refractivity contribution >= 4 is 24.1 Å². The van der Waals surface area contributed by atoms with Gasteiger partial charge in [-0.2, -0.15) is 4.68 Å². The van der Waals surface area contributed by atoms with Gasteiger partial charge in [0.1, 0.15) is 18.6 Å². The summed E-state index contributed by atoms with van der Waals surface area (Å²) in [7, 11) is 0. The number of carbonyl (C=O) groups is 2. The minimum absolute atomic E-state index is 0.294. The number of carbonyl (C=O) groups excluding carboxylic acids is 2. The zero-order valence-electron chi connectivity index (χ0n) is 13.0. The molecule has 0 atom stereocenters. The standard InChI is InChI=1S/C15H14FN5O3/c1-15(2)6-5-10-9-11(16)3-4-12(10)20(15)14(24)21-13(23)19(7-8-22)17-18-21/h3-6,8-9H,7H2,1-2H3. The zero-order chi connectivity index (χ0) is 17.5. The van der Waals surface area contributed by atoms with Gasteiger partial charge in [0.2, 0.25) is 0 Å². The van der Waals surface area contributed by atoms with Crippen LogP contribution in [0.25, 0.3) is 6.08 Å². The first-order valence-corrected chi connectivity index (χ1v) is 7.15. The van der Waals surface area contributed by atoms with Crippen LogP contribution in [-0.4, -0.2) is 37.6 Å². The normalized spacial score (nSPS) is 15.2. The van der Waals surface area contributed by atoms with Crippen molar-refractivity contribution in [2.45, 2.75) is 25.9 Å². The number of anilines is 1. The van der Waals surface area contributed by atoms with Crippen LogP contribution in [0.2, 0.25) is 0 Å². The molecule has 0 fully saturated rings. The van der Waals surface area contributed by atoms with Gasteiger partial charge in [0.15, 0.2) is 0 Å². The van der Waals surface area contributed by atoms with Crippen molar-refractivity contribution in [3.8, 4) is 0 Å². The van der Waals surface area contributed by atoms with Crippen molar-refractivity contribution in [1.82, 2.24) is 19.8 Å². The molecule has 0 saturated carbocycles. The van der Waals surface area contributed by atoms with Crippen LogP contribution in [0, 0.1) is 5.82 Å². The third kappa shape index (κ3) is 2.43. The van der Waals surface area contributed by atoms with E-state index < -0.39 is 23.1 Å². The average molecular weight is 331 g/mol. The Kier molecular flexibility index (Phi) is 3.63. The predicted molar refractivity (Wildman–Crippen MR) is 83.1 cm³/mol. The van der Waals surface area contributed by atoms with Crippen molar-refractivity contribution < 1.29 is 14.0 Å². The summed E-state index contributed by atoms with van der Waals surface area (Å²) in [5.74, 6) is -0.431. The van der Waals surface area contributed by atoms with E-state index in [4.69, 9.17) is 0 Å². The van der Waals surface area contributed by atoms with E-state index in [2.05, 4.69) is 10.4 Å². The van der Waals surface area contributed by atoms with Gasteiger partial charge < -0.3 is 4.79 Å². The summed E-state index contributed by atoms with van der Waals surface area (Å²) in [6.45, 7) is 3.25. The fourth-order valence-corrected chi connectivity index (χ4v) is 2.56. The minimum Gasteiger partial charge on any atom is -0.301 e. The molecule has 0 radical (unpaired) electrons. The number of tetrazole rings is 1. The van der Waals surface area contributed by atoms with E-state index in [0.29, 0.717) is 22.2 Å². The number of aromatic nitrogens is 4. The Morgan fingerprint density at radius 1 is 1.33 bits per heavy atom. The summed E-state index contributed by atoms with van der Waals surface area (Å²) in [5.41, 5.74) is -0.627. The van der Waals surface area contributed by atoms with Crippen LogP contribution in [-0.2, 0) is 11.3 Å². The third-order valence-electron chi connectivity index (χ3n) is 3.74. The van der Waals surface area contributed by atoms with E-state index in [1.807, 2.05) is 0 Å². The van der Waals surface area contributed by atoms with Gasteiger partial charge in [0, 0.05) is 5.56 Å². The van der Waals surface area contributed by atoms with Gasteiger partial charge >= 0.3 is 11.7 Å². The monoisotopic (exact) mass is 331 g/mol. The molecule has 9 heteroatoms. The second kappa shape index (κ2) is 5.52. The lowest BCUT2D eigenvalue weighted by molar-refractivity contribution is -0.108. The highest BCUT2D eigenvalue weighted by atomic mass is 19.1. The Morgan fingerprint density at radius 3 is 2.79 bits per heavy atom. The molecule has 124 valence electrons. The van der Waals surface area contributed by atoms with E-state index in [1.165, 1.54) is 23.1 Å². The number of amides is 1. The molecule has 0 aliphatic carbocycles. The van der Waals surface area contributed by atoms with Crippen LogP contribution < -0.4 is 10.6 Å². The first kappa shape index (κ1) is 15.8. The molecule has 0 bridgehead atoms. The van der Waals surface area contributed by atoms with Gasteiger partial charge in [0.05, 0.1) is 11.2 Å². The number of nitrogens with zero attached hydrogens (tertiary/aromatic N) is 5. The maximum absolute atomic E-state index is 13.4. The molecule has 0 spiro atoms. The lowest BCUT2D eigenvalue weighted by Crippen LogP contribution is -2.52. The van der Waals surface area contributed by atoms with Crippen molar-refractivity contribution in [3.05, 3.63) is 46.1 Å². The maximum atomic E-state index is 13.4. The molecule has 0 unspecified atom stereocenters. The van der Waals surface area contributed by atoms with Gasteiger partial charge in [-0.1, -0.05) is 12.2 Å². The van der Waals surface area contributed by atoms with Gasteiger partial charge in [-0.3, -0.25) is 4.90 Å². The van der Waals surface area contributed by atoms with Gasteiger partial charge in [-0.15, -0.1) is 4.68 Å². The summed E-state index contributed by atoms with van der Waals surface area (Å²) >= 11 is 0. The number of fused-ring (bicyclic) bond motifs is 1. The number of benzene rings is 1. The summed E-state index contributed by atoms with van der Waals surface area (Å²) in [5, 5.41) is 7.03. The van der Waals surface area contributed by atoms with Crippen LogP contribution in [0.5, 0.6) is 0 Å². The second-order valence-electron chi connectivity index (χ2n) is 5.83. The zero-order valence-corrected chi connectivity index (χ0v) is 13.0. The topological polar surface area (TPSA) is 90.1 Å². The Bertz CT molecular complexity index is 912. The molecule has 1 amide bonds. The minimum atomic E-state index is -0.818. The smallest absolute Gasteiger partial charge is 0.301 e. The Balaban J connectivity index is 2.10. The van der Waals surface area contributed by atoms with Crippen LogP contribution in [0.15, 0.2) is 29.1 Å². The highest BCUT2D eigenvalue weighted by Gasteiger charge is 2.36. The van der Waals surface area contributed by atoms with Crippen LogP contribution in [0.3, 0.4) is 0 Å². The number of hydrogen-bond donors (Lipinski definition) is 0. The largest absolute Gasteiger partial charge is 0.372 e. The molecular weight excluding hydrogens is 317 g/mol. The van der Waals surface area contributed by atoms with E-state index in [9.17, 15) is 18.8 Å². The van der Waals surface area contributed by atoms with Crippen molar-refractivity contribution in [3.63, 3.8) is 0 Å². The van der Waals surface area contributed by atoms with Gasteiger partial charge in [-0.05, 0) is 42.5 Å². The Labute approximate surface area is 135 Å². The maximum Gasteiger partial charge on any atom is 0.372 e. The summed E-state index contributed by atoms with van der Waals surface area (Å²) < 4.78 is 14.8. The summed E-state index contributed by atoms with van der Waals surface area (Å²) in [6.07, 6.45) is 3.93. The molecule has 24 heavy (non-hydrogen) atoms. The van der Waals surface area contributed by atoms with E-state index >= 15 is 0 Å². The summed E-state index contributed by atoms with van der Waals surface area (Å²) in [6, 6.07) is 3.27. The molecule has 2 heterocycles. The van der Waals surface area contributed by atoms with E-state index in [0.717, 1.165) is 4.68 Å². The fourth-order valence-electron chi connectivity index (χ4n) is 2.56. The molecule has 1 aromatic heterocycles. The van der Waals surface area contributed by atoms with Crippen LogP contribution in [0.1, 0.15) is 19.4 Å². The predicted octanol–water partition coefficient (Wildman–Crippen LogP) is 1.06. The third-order valence-corrected chi connectivity index (χ3v) is 3.74. The highest BCUT2D eigenvalue weighted by molar-refractivity contribution is 5.98. The van der Waals surface area contributed by atoms with Crippen molar-refractivity contribution in [2.24, 2.45) is 0 Å². The van der Waals surface area contributed by atoms with E-state index in [1.54, 1.807) is 26.0 Å². The molecule has 0 saturated heterocycles. The Morgan fingerprint density at radius 2 is 2.08 bits per heavy atom. The number of aldehydes is 1. The highest BCUT2D eigenvalue weighted by Crippen LogP contribution is 2.35. The van der Waals surface area contributed by atoms with Gasteiger partial charge in [0.25, 0.3) is 0 Å². The second-order valence-corrected chi connectivity index (χ2v) is 5.83. The summed E-state index contributed by atoms with van der Waals surface area (Å²) in [4.78, 5) is 36.9. The van der Waals surface area contributed by atoms with E-state index in [-0.39, 0.29) is 6.54 Å². The molecule has 8 nitrogen and oxygen atoms in total. The SMILES string of the molecule is CC1(C)C=Cc2cc(F)ccc2N1C(=O)n1nnn(CC=O)c1=O. The molecule has 2 aromatic rings. The molecule has 1 aliphatic heterocycles. The van der Waals surface area contributed by atoms with Crippen LogP contribution >= 0.6 is 0 Å². The lowest BCUT2D eigenvalue weighted by atomic mass is 9.94. The molecular formula is C15H14FN5O3. The quantitative estimate of drug-likeness (QED) is 0.606. The average Bonchev–Trinajstić information content (AvgIpc) is 2.88. The van der Waals surface area contributed by atoms with Crippen molar-refractivity contribution in [2.75, 3.05) is 4.90 Å². The van der Waals surface area contributed by atoms with Crippen LogP contribution in [0.4, 0.5) is 14.9 Å². The first-order valence-electron chi connectivity index (χ1n) is 7.15. The van der Waals surface area contributed by atoms with Crippen molar-refractivity contribution in [1.29, 1.82) is 0 Å². The molecule has 3 rings (SSSR count). The fraction of sp³-hybridized carbons (Fsp3) is 0.267. The first-order chi connectivity index (χ1) is 11.3. The lowest BCUT2D eigenvalue weighted by Gasteiger charge is -2.39. The molecule has 1 aliphatic rings.